The summed E-state index contributed by atoms with van der Waals surface area (Å²) < 4.78 is 7.12. The van der Waals surface area contributed by atoms with Gasteiger partial charge in [-0.1, -0.05) is 54.2 Å². The maximum Gasteiger partial charge on any atom is 0.244 e. The first-order valence-corrected chi connectivity index (χ1v) is 12.1. The number of fused-ring (bicyclic) bond motifs is 3. The summed E-state index contributed by atoms with van der Waals surface area (Å²) in [5.74, 6) is 0.382. The van der Waals surface area contributed by atoms with Gasteiger partial charge in [0.05, 0.1) is 18.4 Å². The molecule has 10 heteroatoms. The molecule has 2 aromatic heterocycles. The molecule has 0 aliphatic rings. The molecule has 5 aromatic rings. The zero-order chi connectivity index (χ0) is 25.1. The largest absolute Gasteiger partial charge is 0.497 e. The average molecular weight is 499 g/mol. The third-order valence-electron chi connectivity index (χ3n) is 5.62. The van der Waals surface area contributed by atoms with Crippen molar-refractivity contribution in [3.63, 3.8) is 0 Å². The molecule has 9 nitrogen and oxygen atoms in total. The molecule has 2 heterocycles. The molecular weight excluding hydrogens is 476 g/mol. The summed E-state index contributed by atoms with van der Waals surface area (Å²) in [4.78, 5) is 29.6. The number of methoxy groups -OCH3 is 1. The number of rotatable bonds is 8. The molecule has 0 fully saturated rings. The van der Waals surface area contributed by atoms with Crippen LogP contribution in [0, 0.1) is 0 Å². The smallest absolute Gasteiger partial charge is 0.244 e. The topological polar surface area (TPSA) is 124 Å². The van der Waals surface area contributed by atoms with Crippen molar-refractivity contribution in [2.45, 2.75) is 11.2 Å². The number of carbonyl (C=O) groups excluding carboxylic acids is 2. The van der Waals surface area contributed by atoms with Gasteiger partial charge < -0.3 is 15.8 Å². The van der Waals surface area contributed by atoms with Crippen molar-refractivity contribution in [3.8, 4) is 17.1 Å². The molecule has 0 radical (unpaired) electrons. The van der Waals surface area contributed by atoms with Crippen LogP contribution in [0.3, 0.4) is 0 Å². The van der Waals surface area contributed by atoms with Crippen molar-refractivity contribution in [2.24, 2.45) is 5.73 Å². The zero-order valence-corrected chi connectivity index (χ0v) is 20.1. The van der Waals surface area contributed by atoms with Crippen LogP contribution in [-0.4, -0.2) is 44.3 Å². The second-order valence-corrected chi connectivity index (χ2v) is 8.87. The molecule has 3 aromatic carbocycles. The predicted octanol–water partition coefficient (Wildman–Crippen LogP) is 3.39. The van der Waals surface area contributed by atoms with Crippen molar-refractivity contribution in [3.05, 3.63) is 84.4 Å². The summed E-state index contributed by atoms with van der Waals surface area (Å²) in [6.45, 7) is 0. The lowest BCUT2D eigenvalue weighted by molar-refractivity contribution is -0.126. The van der Waals surface area contributed by atoms with E-state index in [-0.39, 0.29) is 11.7 Å². The van der Waals surface area contributed by atoms with Gasteiger partial charge in [-0.2, -0.15) is 0 Å². The minimum Gasteiger partial charge on any atom is -0.497 e. The van der Waals surface area contributed by atoms with E-state index in [9.17, 15) is 9.59 Å². The van der Waals surface area contributed by atoms with Gasteiger partial charge in [-0.3, -0.25) is 14.0 Å². The summed E-state index contributed by atoms with van der Waals surface area (Å²) in [5, 5.41) is 12.8. The Morgan fingerprint density at radius 3 is 2.44 bits per heavy atom. The molecule has 0 spiro atoms. The number of hydrogen-bond donors (Lipinski definition) is 2. The Hall–Kier alpha value is -4.44. The molecule has 0 unspecified atom stereocenters. The van der Waals surface area contributed by atoms with E-state index in [2.05, 4.69) is 15.5 Å². The van der Waals surface area contributed by atoms with E-state index < -0.39 is 11.9 Å². The number of para-hydroxylation sites is 1. The van der Waals surface area contributed by atoms with Crippen molar-refractivity contribution in [1.82, 2.24) is 24.9 Å². The second kappa shape index (κ2) is 10.0. The number of benzene rings is 3. The fourth-order valence-electron chi connectivity index (χ4n) is 3.88. The number of nitrogens with zero attached hydrogens (tertiary/aromatic N) is 4. The lowest BCUT2D eigenvalue weighted by atomic mass is 10.1. The normalized spacial score (nSPS) is 11.9. The first-order chi connectivity index (χ1) is 17.5. The number of aromatic nitrogens is 4. The molecule has 0 aliphatic heterocycles. The minimum absolute atomic E-state index is 0.00624. The highest BCUT2D eigenvalue weighted by Gasteiger charge is 2.22. The third kappa shape index (κ3) is 4.58. The van der Waals surface area contributed by atoms with Gasteiger partial charge in [-0.15, -0.1) is 10.2 Å². The van der Waals surface area contributed by atoms with Crippen LogP contribution >= 0.6 is 11.8 Å². The van der Waals surface area contributed by atoms with Crippen molar-refractivity contribution in [1.29, 1.82) is 0 Å². The first kappa shape index (κ1) is 23.3. The fraction of sp³-hybridized carbons (Fsp3) is 0.115. The number of primary amides is 1. The standard InChI is InChI=1S/C26H22N6O3S/c1-35-18-13-11-17(12-14-18)24-28-20-10-6-5-9-19(20)25-30-31-26(32(24)25)36-15-21(33)29-22(23(27)34)16-7-3-2-4-8-16/h2-14,22H,15H2,1H3,(H2,27,34)(H,29,33)/t22-/m1/s1. The van der Waals surface area contributed by atoms with E-state index in [1.807, 2.05) is 59.0 Å². The van der Waals surface area contributed by atoms with Crippen LogP contribution in [0.25, 0.3) is 27.9 Å². The third-order valence-corrected chi connectivity index (χ3v) is 6.55. The fourth-order valence-corrected chi connectivity index (χ4v) is 4.63. The lowest BCUT2D eigenvalue weighted by Gasteiger charge is -2.15. The Morgan fingerprint density at radius 2 is 1.72 bits per heavy atom. The number of amides is 2. The highest BCUT2D eigenvalue weighted by Crippen LogP contribution is 2.30. The first-order valence-electron chi connectivity index (χ1n) is 11.1. The van der Waals surface area contributed by atoms with Gasteiger partial charge in [0.2, 0.25) is 11.8 Å². The number of ether oxygens (including phenoxy) is 1. The Morgan fingerprint density at radius 1 is 1.00 bits per heavy atom. The van der Waals surface area contributed by atoms with Gasteiger partial charge in [-0.25, -0.2) is 4.98 Å². The highest BCUT2D eigenvalue weighted by molar-refractivity contribution is 7.99. The Kier molecular flexibility index (Phi) is 6.50. The van der Waals surface area contributed by atoms with Gasteiger partial charge >= 0.3 is 0 Å². The van der Waals surface area contributed by atoms with Crippen LogP contribution in [0.2, 0.25) is 0 Å². The van der Waals surface area contributed by atoms with Crippen LogP contribution in [0.15, 0.2) is 84.0 Å². The lowest BCUT2D eigenvalue weighted by Crippen LogP contribution is -2.38. The Balaban J connectivity index is 1.47. The summed E-state index contributed by atoms with van der Waals surface area (Å²) in [6, 6.07) is 23.2. The van der Waals surface area contributed by atoms with E-state index in [4.69, 9.17) is 15.5 Å². The summed E-state index contributed by atoms with van der Waals surface area (Å²) in [5.41, 5.74) is 8.41. The number of nitrogens with one attached hydrogen (secondary N) is 1. The van der Waals surface area contributed by atoms with Crippen LogP contribution in [0.1, 0.15) is 11.6 Å². The molecule has 180 valence electrons. The number of hydrogen-bond acceptors (Lipinski definition) is 7. The van der Waals surface area contributed by atoms with E-state index in [0.717, 1.165) is 22.2 Å². The summed E-state index contributed by atoms with van der Waals surface area (Å²) >= 11 is 1.20. The molecule has 0 bridgehead atoms. The molecule has 36 heavy (non-hydrogen) atoms. The van der Waals surface area contributed by atoms with Gasteiger partial charge in [0.25, 0.3) is 0 Å². The summed E-state index contributed by atoms with van der Waals surface area (Å²) in [7, 11) is 1.61. The molecule has 2 amide bonds. The van der Waals surface area contributed by atoms with Crippen molar-refractivity contribution in [2.75, 3.05) is 12.9 Å². The van der Waals surface area contributed by atoms with Crippen LogP contribution in [0.4, 0.5) is 0 Å². The number of thioether (sulfide) groups is 1. The van der Waals surface area contributed by atoms with Gasteiger partial charge in [-0.05, 0) is 42.0 Å². The highest BCUT2D eigenvalue weighted by atomic mass is 32.2. The second-order valence-electron chi connectivity index (χ2n) is 7.92. The van der Waals surface area contributed by atoms with Crippen LogP contribution < -0.4 is 15.8 Å². The maximum atomic E-state index is 12.8. The Bertz CT molecular complexity index is 1550. The molecule has 0 aliphatic carbocycles. The maximum absolute atomic E-state index is 12.8. The Labute approximate surface area is 210 Å². The zero-order valence-electron chi connectivity index (χ0n) is 19.3. The van der Waals surface area contributed by atoms with Crippen LogP contribution in [-0.2, 0) is 9.59 Å². The molecule has 3 N–H and O–H groups in total. The molecule has 1 atom stereocenters. The quantitative estimate of drug-likeness (QED) is 0.314. The summed E-state index contributed by atoms with van der Waals surface area (Å²) in [6.07, 6.45) is 0. The molecule has 5 rings (SSSR count). The molecule has 0 saturated heterocycles. The number of carbonyl (C=O) groups is 2. The SMILES string of the molecule is COc1ccc(-c2nc3ccccc3c3nnc(SCC(=O)N[C@@H](C(N)=O)c4ccccc4)n23)cc1. The van der Waals surface area contributed by atoms with E-state index >= 15 is 0 Å². The van der Waals surface area contributed by atoms with Crippen LogP contribution in [0.5, 0.6) is 5.75 Å². The van der Waals surface area contributed by atoms with Gasteiger partial charge in [0.1, 0.15) is 17.6 Å². The molecular formula is C26H22N6O3S. The molecule has 0 saturated carbocycles. The average Bonchev–Trinajstić information content (AvgIpc) is 3.35. The van der Waals surface area contributed by atoms with Crippen molar-refractivity contribution < 1.29 is 14.3 Å². The number of nitrogens with two attached hydrogens (primary N) is 1. The van der Waals surface area contributed by atoms with Gasteiger partial charge in [0.15, 0.2) is 10.8 Å². The monoisotopic (exact) mass is 498 g/mol. The van der Waals surface area contributed by atoms with Crippen molar-refractivity contribution >= 4 is 40.1 Å². The van der Waals surface area contributed by atoms with E-state index in [1.54, 1.807) is 31.4 Å². The van der Waals surface area contributed by atoms with E-state index in [1.165, 1.54) is 11.8 Å². The van der Waals surface area contributed by atoms with E-state index in [0.29, 0.717) is 22.2 Å². The predicted molar refractivity (Wildman–Crippen MR) is 138 cm³/mol. The minimum atomic E-state index is -0.921. The van der Waals surface area contributed by atoms with Gasteiger partial charge in [0, 0.05) is 10.9 Å².